The second kappa shape index (κ2) is 6.77. The first-order valence-electron chi connectivity index (χ1n) is 6.14. The number of carbonyl (C=O) groups excluding carboxylic acids is 1. The molecular formula is C12H20N4O3. The van der Waals surface area contributed by atoms with Crippen molar-refractivity contribution >= 4 is 12.0 Å². The predicted molar refractivity (Wildman–Crippen MR) is 70.1 cm³/mol. The van der Waals surface area contributed by atoms with Crippen molar-refractivity contribution in [2.45, 2.75) is 20.4 Å². The van der Waals surface area contributed by atoms with Gasteiger partial charge in [-0.1, -0.05) is 13.8 Å². The van der Waals surface area contributed by atoms with Crippen LogP contribution in [0.5, 0.6) is 0 Å². The summed E-state index contributed by atoms with van der Waals surface area (Å²) in [6.07, 6.45) is 2.87. The first kappa shape index (κ1) is 15.0. The third-order valence-corrected chi connectivity index (χ3v) is 2.48. The number of aromatic carboxylic acids is 1. The summed E-state index contributed by atoms with van der Waals surface area (Å²) in [5.41, 5.74) is 0.00301. The van der Waals surface area contributed by atoms with Crippen molar-refractivity contribution in [2.75, 3.05) is 20.1 Å². The second-order valence-electron chi connectivity index (χ2n) is 4.81. The molecule has 0 aliphatic carbocycles. The smallest absolute Gasteiger partial charge is 0.356 e. The van der Waals surface area contributed by atoms with Gasteiger partial charge in [0.05, 0.1) is 6.33 Å². The highest BCUT2D eigenvalue weighted by molar-refractivity contribution is 5.84. The minimum absolute atomic E-state index is 0.00301. The van der Waals surface area contributed by atoms with Crippen LogP contribution in [0, 0.1) is 5.92 Å². The van der Waals surface area contributed by atoms with E-state index in [-0.39, 0.29) is 11.7 Å². The highest BCUT2D eigenvalue weighted by Gasteiger charge is 2.09. The zero-order valence-corrected chi connectivity index (χ0v) is 11.5. The maximum Gasteiger partial charge on any atom is 0.356 e. The third kappa shape index (κ3) is 4.99. The molecule has 1 rings (SSSR count). The van der Waals surface area contributed by atoms with Crippen molar-refractivity contribution in [3.63, 3.8) is 0 Å². The molecular weight excluding hydrogens is 248 g/mol. The Hall–Kier alpha value is -2.05. The Bertz CT molecular complexity index is 442. The van der Waals surface area contributed by atoms with Gasteiger partial charge in [-0.25, -0.2) is 14.6 Å². The molecule has 0 radical (unpaired) electrons. The number of hydrogen-bond acceptors (Lipinski definition) is 3. The molecule has 0 unspecified atom stereocenters. The number of nitrogens with one attached hydrogen (secondary N) is 1. The first-order valence-corrected chi connectivity index (χ1v) is 6.14. The highest BCUT2D eigenvalue weighted by atomic mass is 16.4. The normalized spacial score (nSPS) is 10.5. The Morgan fingerprint density at radius 2 is 2.21 bits per heavy atom. The van der Waals surface area contributed by atoms with E-state index >= 15 is 0 Å². The van der Waals surface area contributed by atoms with Crippen LogP contribution in [0.1, 0.15) is 24.3 Å². The van der Waals surface area contributed by atoms with Crippen LogP contribution in [0.25, 0.3) is 0 Å². The number of amides is 2. The van der Waals surface area contributed by atoms with Gasteiger partial charge < -0.3 is 19.9 Å². The molecule has 106 valence electrons. The molecule has 7 heteroatoms. The van der Waals surface area contributed by atoms with Crippen molar-refractivity contribution in [3.05, 3.63) is 18.2 Å². The van der Waals surface area contributed by atoms with E-state index in [0.717, 1.165) is 0 Å². The van der Waals surface area contributed by atoms with Crippen LogP contribution < -0.4 is 5.32 Å². The highest BCUT2D eigenvalue weighted by Crippen LogP contribution is 1.97. The average Bonchev–Trinajstić information content (AvgIpc) is 2.76. The molecule has 1 aromatic heterocycles. The Morgan fingerprint density at radius 3 is 2.74 bits per heavy atom. The summed E-state index contributed by atoms with van der Waals surface area (Å²) in [4.78, 5) is 27.7. The Balaban J connectivity index is 2.33. The van der Waals surface area contributed by atoms with E-state index in [1.807, 2.05) is 13.8 Å². The van der Waals surface area contributed by atoms with Crippen LogP contribution in [-0.2, 0) is 6.54 Å². The quantitative estimate of drug-likeness (QED) is 0.801. The number of nitrogens with zero attached hydrogens (tertiary/aromatic N) is 3. The number of rotatable bonds is 6. The van der Waals surface area contributed by atoms with Crippen molar-refractivity contribution < 1.29 is 14.7 Å². The van der Waals surface area contributed by atoms with Crippen LogP contribution in [0.3, 0.4) is 0 Å². The summed E-state index contributed by atoms with van der Waals surface area (Å²) in [7, 11) is 1.75. The number of carboxylic acids is 1. The van der Waals surface area contributed by atoms with Gasteiger partial charge in [0, 0.05) is 32.9 Å². The SMILES string of the molecule is CC(C)CN(C)C(=O)NCCn1cnc(C(=O)O)c1. The van der Waals surface area contributed by atoms with E-state index < -0.39 is 5.97 Å². The molecule has 1 aromatic rings. The molecule has 19 heavy (non-hydrogen) atoms. The molecule has 2 N–H and O–H groups in total. The maximum atomic E-state index is 11.7. The second-order valence-corrected chi connectivity index (χ2v) is 4.81. The molecule has 0 aliphatic heterocycles. The van der Waals surface area contributed by atoms with Crippen molar-refractivity contribution in [1.82, 2.24) is 19.8 Å². The van der Waals surface area contributed by atoms with Crippen molar-refractivity contribution in [3.8, 4) is 0 Å². The lowest BCUT2D eigenvalue weighted by Gasteiger charge is -2.19. The molecule has 7 nitrogen and oxygen atoms in total. The zero-order valence-electron chi connectivity index (χ0n) is 11.5. The van der Waals surface area contributed by atoms with E-state index in [1.54, 1.807) is 16.5 Å². The summed E-state index contributed by atoms with van der Waals surface area (Å²) >= 11 is 0. The molecule has 0 aromatic carbocycles. The number of aromatic nitrogens is 2. The number of imidazole rings is 1. The minimum Gasteiger partial charge on any atom is -0.476 e. The van der Waals surface area contributed by atoms with Crippen LogP contribution in [0.15, 0.2) is 12.5 Å². The predicted octanol–water partition coefficient (Wildman–Crippen LogP) is 0.879. The average molecular weight is 268 g/mol. The lowest BCUT2D eigenvalue weighted by atomic mass is 10.2. The third-order valence-electron chi connectivity index (χ3n) is 2.48. The van der Waals surface area contributed by atoms with E-state index in [0.29, 0.717) is 25.6 Å². The molecule has 0 saturated carbocycles. The minimum atomic E-state index is -1.06. The fourth-order valence-corrected chi connectivity index (χ4v) is 1.65. The molecule has 0 fully saturated rings. The molecule has 0 atom stereocenters. The van der Waals surface area contributed by atoms with E-state index in [1.165, 1.54) is 12.5 Å². The fourth-order valence-electron chi connectivity index (χ4n) is 1.65. The van der Waals surface area contributed by atoms with Crippen molar-refractivity contribution in [1.29, 1.82) is 0 Å². The monoisotopic (exact) mass is 268 g/mol. The molecule has 0 spiro atoms. The van der Waals surface area contributed by atoms with Crippen LogP contribution in [0.4, 0.5) is 4.79 Å². The Labute approximate surface area is 112 Å². The summed E-state index contributed by atoms with van der Waals surface area (Å²) in [6.45, 7) is 5.70. The largest absolute Gasteiger partial charge is 0.476 e. The summed E-state index contributed by atoms with van der Waals surface area (Å²) < 4.78 is 1.63. The number of carbonyl (C=O) groups is 2. The standard InChI is InChI=1S/C12H20N4O3/c1-9(2)6-15(3)12(19)13-4-5-16-7-10(11(17)18)14-8-16/h7-9H,4-6H2,1-3H3,(H,13,19)(H,17,18). The van der Waals surface area contributed by atoms with Crippen molar-refractivity contribution in [2.24, 2.45) is 5.92 Å². The van der Waals surface area contributed by atoms with Gasteiger partial charge in [0.15, 0.2) is 5.69 Å². The first-order chi connectivity index (χ1) is 8.90. The molecule has 0 saturated heterocycles. The lowest BCUT2D eigenvalue weighted by Crippen LogP contribution is -2.40. The molecule has 0 bridgehead atoms. The number of urea groups is 1. The number of carboxylic acid groups (broad SMARTS) is 1. The summed E-state index contributed by atoms with van der Waals surface area (Å²) in [5.74, 6) is -0.637. The van der Waals surface area contributed by atoms with E-state index in [4.69, 9.17) is 5.11 Å². The summed E-state index contributed by atoms with van der Waals surface area (Å²) in [6, 6.07) is -0.132. The molecule has 0 aliphatic rings. The van der Waals surface area contributed by atoms with Gasteiger partial charge in [-0.15, -0.1) is 0 Å². The maximum absolute atomic E-state index is 11.7. The zero-order chi connectivity index (χ0) is 14.4. The van der Waals surface area contributed by atoms with Crippen LogP contribution in [0.2, 0.25) is 0 Å². The summed E-state index contributed by atoms with van der Waals surface area (Å²) in [5, 5.41) is 11.5. The Kier molecular flexibility index (Phi) is 5.35. The number of hydrogen-bond donors (Lipinski definition) is 2. The fraction of sp³-hybridized carbons (Fsp3) is 0.583. The van der Waals surface area contributed by atoms with Gasteiger partial charge >= 0.3 is 12.0 Å². The van der Waals surface area contributed by atoms with E-state index in [2.05, 4.69) is 10.3 Å². The van der Waals surface area contributed by atoms with Gasteiger partial charge in [-0.2, -0.15) is 0 Å². The van der Waals surface area contributed by atoms with Gasteiger partial charge in [0.1, 0.15) is 0 Å². The van der Waals surface area contributed by atoms with Crippen LogP contribution in [-0.4, -0.2) is 51.7 Å². The molecule has 2 amide bonds. The molecule has 1 heterocycles. The van der Waals surface area contributed by atoms with Gasteiger partial charge in [0.2, 0.25) is 0 Å². The Morgan fingerprint density at radius 1 is 1.53 bits per heavy atom. The lowest BCUT2D eigenvalue weighted by molar-refractivity contribution is 0.0691. The van der Waals surface area contributed by atoms with Gasteiger partial charge in [-0.05, 0) is 5.92 Å². The van der Waals surface area contributed by atoms with Gasteiger partial charge in [0.25, 0.3) is 0 Å². The topological polar surface area (TPSA) is 87.5 Å². The van der Waals surface area contributed by atoms with Gasteiger partial charge in [-0.3, -0.25) is 0 Å². The van der Waals surface area contributed by atoms with Crippen LogP contribution >= 0.6 is 0 Å². The van der Waals surface area contributed by atoms with E-state index in [9.17, 15) is 9.59 Å².